The number of carbonyl (C=O) groups excluding carboxylic acids is 5. The van der Waals surface area contributed by atoms with Gasteiger partial charge in [0.25, 0.3) is 11.8 Å². The van der Waals surface area contributed by atoms with E-state index in [2.05, 4.69) is 0 Å². The number of carbonyl (C=O) groups is 5. The first kappa shape index (κ1) is 28.0. The van der Waals surface area contributed by atoms with Gasteiger partial charge in [-0.15, -0.1) is 5.06 Å². The Morgan fingerprint density at radius 1 is 0.711 bits per heavy atom. The number of ether oxygens (including phenoxy) is 5. The highest BCUT2D eigenvalue weighted by Gasteiger charge is 2.33. The van der Waals surface area contributed by atoms with Crippen LogP contribution in [0.1, 0.15) is 47.7 Å². The van der Waals surface area contributed by atoms with Gasteiger partial charge in [-0.3, -0.25) is 19.2 Å². The highest BCUT2D eigenvalue weighted by Crippen LogP contribution is 2.33. The van der Waals surface area contributed by atoms with Crippen molar-refractivity contribution in [2.75, 3.05) is 28.4 Å². The van der Waals surface area contributed by atoms with Crippen LogP contribution in [0, 0.1) is 0 Å². The molecular weight excluding hydrogens is 502 g/mol. The second-order valence-corrected chi connectivity index (χ2v) is 8.03. The van der Waals surface area contributed by atoms with Crippen LogP contribution in [0.15, 0.2) is 36.4 Å². The summed E-state index contributed by atoms with van der Waals surface area (Å²) in [5.74, 6) is -2.40. The smallest absolute Gasteiger partial charge is 0.333 e. The third kappa shape index (κ3) is 6.78. The molecule has 0 spiro atoms. The molecular formula is C26H27NO11. The Morgan fingerprint density at radius 3 is 1.63 bits per heavy atom. The number of nitrogens with zero attached hydrogens (tertiary/aromatic N) is 1. The zero-order valence-corrected chi connectivity index (χ0v) is 21.3. The molecule has 12 nitrogen and oxygen atoms in total. The fourth-order valence-corrected chi connectivity index (χ4v) is 3.55. The first-order chi connectivity index (χ1) is 18.2. The van der Waals surface area contributed by atoms with E-state index in [9.17, 15) is 24.0 Å². The molecule has 0 aliphatic carbocycles. The molecule has 2 amide bonds. The zero-order valence-electron chi connectivity index (χ0n) is 21.3. The molecule has 1 fully saturated rings. The summed E-state index contributed by atoms with van der Waals surface area (Å²) < 4.78 is 26.6. The number of benzene rings is 2. The van der Waals surface area contributed by atoms with E-state index in [0.717, 1.165) is 0 Å². The molecule has 1 saturated heterocycles. The van der Waals surface area contributed by atoms with Gasteiger partial charge in [0.1, 0.15) is 23.0 Å². The summed E-state index contributed by atoms with van der Waals surface area (Å²) in [7, 11) is 5.71. The maximum atomic E-state index is 13.6. The average molecular weight is 529 g/mol. The molecule has 0 aromatic heterocycles. The average Bonchev–Trinajstić information content (AvgIpc) is 3.25. The standard InChI is InChI=1S/C26H27NO11/c1-33-17-9-15(10-18(13-17)34-2)25(32)26(16-11-19(35-3)14-20(12-16)36-4)37-23(30)7-8-24(31)38-27-21(28)5-6-22(27)29/h9-14,26H,5-8H2,1-4H3. The Kier molecular flexibility index (Phi) is 9.25. The lowest BCUT2D eigenvalue weighted by molar-refractivity contribution is -0.197. The second-order valence-electron chi connectivity index (χ2n) is 8.03. The van der Waals surface area contributed by atoms with Crippen molar-refractivity contribution >= 4 is 29.5 Å². The van der Waals surface area contributed by atoms with Crippen molar-refractivity contribution in [2.45, 2.75) is 31.8 Å². The van der Waals surface area contributed by atoms with E-state index < -0.39 is 48.5 Å². The lowest BCUT2D eigenvalue weighted by Gasteiger charge is -2.20. The summed E-state index contributed by atoms with van der Waals surface area (Å²) in [5.41, 5.74) is 0.378. The minimum absolute atomic E-state index is 0.0585. The summed E-state index contributed by atoms with van der Waals surface area (Å²) in [6, 6.07) is 9.10. The molecule has 0 bridgehead atoms. The zero-order chi connectivity index (χ0) is 27.8. The van der Waals surface area contributed by atoms with Gasteiger partial charge in [0.05, 0.1) is 41.3 Å². The van der Waals surface area contributed by atoms with Gasteiger partial charge in [0.15, 0.2) is 6.10 Å². The third-order valence-corrected chi connectivity index (χ3v) is 5.53. The Labute approximate surface area is 218 Å². The van der Waals surface area contributed by atoms with Gasteiger partial charge in [-0.25, -0.2) is 4.79 Å². The molecule has 1 aliphatic rings. The van der Waals surface area contributed by atoms with Crippen LogP contribution in [0.2, 0.25) is 0 Å². The number of Topliss-reactive ketones (excluding diaryl/α,β-unsaturated/α-hetero) is 1. The molecule has 0 radical (unpaired) electrons. The van der Waals surface area contributed by atoms with Gasteiger partial charge in [-0.05, 0) is 24.3 Å². The van der Waals surface area contributed by atoms with E-state index in [1.165, 1.54) is 52.7 Å². The van der Waals surface area contributed by atoms with E-state index in [0.29, 0.717) is 28.1 Å². The fraction of sp³-hybridized carbons (Fsp3) is 0.346. The van der Waals surface area contributed by atoms with Crippen LogP contribution in [-0.4, -0.2) is 63.0 Å². The maximum Gasteiger partial charge on any atom is 0.333 e. The van der Waals surface area contributed by atoms with Gasteiger partial charge >= 0.3 is 11.9 Å². The largest absolute Gasteiger partial charge is 0.497 e. The number of hydrogen-bond acceptors (Lipinski definition) is 11. The van der Waals surface area contributed by atoms with Gasteiger partial charge in [0, 0.05) is 36.1 Å². The lowest BCUT2D eigenvalue weighted by atomic mass is 9.98. The highest BCUT2D eigenvalue weighted by molar-refractivity contribution is 6.02. The first-order valence-corrected chi connectivity index (χ1v) is 11.4. The van der Waals surface area contributed by atoms with Gasteiger partial charge < -0.3 is 28.5 Å². The molecule has 1 heterocycles. The molecule has 0 N–H and O–H groups in total. The molecule has 2 aromatic rings. The van der Waals surface area contributed by atoms with Gasteiger partial charge in [0.2, 0.25) is 5.78 Å². The number of ketones is 1. The van der Waals surface area contributed by atoms with Gasteiger partial charge in [-0.1, -0.05) is 0 Å². The third-order valence-electron chi connectivity index (χ3n) is 5.53. The van der Waals surface area contributed by atoms with E-state index in [1.807, 2.05) is 0 Å². The molecule has 1 aliphatic heterocycles. The molecule has 1 atom stereocenters. The van der Waals surface area contributed by atoms with E-state index >= 15 is 0 Å². The van der Waals surface area contributed by atoms with Crippen LogP contribution in [0.5, 0.6) is 23.0 Å². The highest BCUT2D eigenvalue weighted by atomic mass is 16.7. The quantitative estimate of drug-likeness (QED) is 0.227. The van der Waals surface area contributed by atoms with Crippen molar-refractivity contribution in [3.63, 3.8) is 0 Å². The van der Waals surface area contributed by atoms with Crippen LogP contribution in [0.4, 0.5) is 0 Å². The summed E-state index contributed by atoms with van der Waals surface area (Å²) in [4.78, 5) is 66.5. The van der Waals surface area contributed by atoms with Crippen molar-refractivity contribution < 1.29 is 52.5 Å². The number of methoxy groups -OCH3 is 4. The number of hydroxylamine groups is 2. The van der Waals surface area contributed by atoms with E-state index in [4.69, 9.17) is 28.5 Å². The number of esters is 1. The molecule has 202 valence electrons. The lowest BCUT2D eigenvalue weighted by Crippen LogP contribution is -2.32. The van der Waals surface area contributed by atoms with Crippen molar-refractivity contribution in [3.05, 3.63) is 47.5 Å². The van der Waals surface area contributed by atoms with Crippen LogP contribution >= 0.6 is 0 Å². The Balaban J connectivity index is 1.84. The minimum Gasteiger partial charge on any atom is -0.497 e. The van der Waals surface area contributed by atoms with Crippen molar-refractivity contribution in [2.24, 2.45) is 0 Å². The van der Waals surface area contributed by atoms with Crippen LogP contribution in [0.25, 0.3) is 0 Å². The van der Waals surface area contributed by atoms with Crippen LogP contribution in [-0.2, 0) is 28.8 Å². The SMILES string of the molecule is COc1cc(OC)cc(C(=O)C(OC(=O)CCC(=O)ON2C(=O)CCC2=O)c2cc(OC)cc(OC)c2)c1. The number of amides is 2. The molecule has 2 aromatic carbocycles. The Hall–Kier alpha value is -4.61. The Bertz CT molecular complexity index is 1180. The molecule has 1 unspecified atom stereocenters. The molecule has 3 rings (SSSR count). The number of rotatable bonds is 12. The predicted octanol–water partition coefficient (Wildman–Crippen LogP) is 2.58. The van der Waals surface area contributed by atoms with Crippen LogP contribution in [0.3, 0.4) is 0 Å². The van der Waals surface area contributed by atoms with E-state index in [-0.39, 0.29) is 24.0 Å². The predicted molar refractivity (Wildman–Crippen MR) is 129 cm³/mol. The normalized spacial score (nSPS) is 13.5. The minimum atomic E-state index is -1.46. The maximum absolute atomic E-state index is 13.6. The Morgan fingerprint density at radius 2 is 1.16 bits per heavy atom. The summed E-state index contributed by atoms with van der Waals surface area (Å²) in [6.45, 7) is 0. The van der Waals surface area contributed by atoms with E-state index in [1.54, 1.807) is 12.1 Å². The molecule has 38 heavy (non-hydrogen) atoms. The number of imide groups is 1. The first-order valence-electron chi connectivity index (χ1n) is 11.4. The molecule has 12 heteroatoms. The fourth-order valence-electron chi connectivity index (χ4n) is 3.55. The van der Waals surface area contributed by atoms with Gasteiger partial charge in [-0.2, -0.15) is 0 Å². The summed E-state index contributed by atoms with van der Waals surface area (Å²) in [5, 5.41) is 0.388. The number of hydrogen-bond donors (Lipinski definition) is 0. The monoisotopic (exact) mass is 529 g/mol. The summed E-state index contributed by atoms with van der Waals surface area (Å²) >= 11 is 0. The summed E-state index contributed by atoms with van der Waals surface area (Å²) in [6.07, 6.45) is -2.55. The van der Waals surface area contributed by atoms with Crippen molar-refractivity contribution in [3.8, 4) is 23.0 Å². The van der Waals surface area contributed by atoms with Crippen molar-refractivity contribution in [1.82, 2.24) is 5.06 Å². The topological polar surface area (TPSA) is 144 Å². The molecule has 0 saturated carbocycles. The van der Waals surface area contributed by atoms with Crippen molar-refractivity contribution in [1.29, 1.82) is 0 Å². The van der Waals surface area contributed by atoms with Crippen LogP contribution < -0.4 is 18.9 Å². The second kappa shape index (κ2) is 12.6.